The van der Waals surface area contributed by atoms with Crippen molar-refractivity contribution >= 4 is 17.9 Å². The van der Waals surface area contributed by atoms with E-state index in [-0.39, 0.29) is 42.7 Å². The van der Waals surface area contributed by atoms with Gasteiger partial charge in [0.25, 0.3) is 0 Å². The molecule has 2 unspecified atom stereocenters. The first kappa shape index (κ1) is 56.3. The summed E-state index contributed by atoms with van der Waals surface area (Å²) in [6.07, 6.45) is 44.1. The van der Waals surface area contributed by atoms with Gasteiger partial charge in [0.15, 0.2) is 6.10 Å². The number of likely N-dealkylation sites (N-methyl/N-ethyl adjacent to an activating group) is 1. The van der Waals surface area contributed by atoms with Crippen LogP contribution < -0.4 is 5.11 Å². The van der Waals surface area contributed by atoms with Crippen molar-refractivity contribution < 1.29 is 38.2 Å². The van der Waals surface area contributed by atoms with Crippen LogP contribution in [-0.2, 0) is 28.6 Å². The predicted molar refractivity (Wildman–Crippen MR) is 241 cm³/mol. The zero-order chi connectivity index (χ0) is 42.8. The molecule has 344 valence electrons. The van der Waals surface area contributed by atoms with E-state index < -0.39 is 18.1 Å². The fourth-order valence-electron chi connectivity index (χ4n) is 7.84. The highest BCUT2D eigenvalue weighted by molar-refractivity contribution is 5.70. The molecule has 0 aromatic carbocycles. The molecule has 0 bridgehead atoms. The first-order valence-electron chi connectivity index (χ1n) is 25.1. The minimum absolute atomic E-state index is 0.0497. The Kier molecular flexibility index (Phi) is 40.8. The quantitative estimate of drug-likeness (QED) is 0.0342. The number of hydrogen-bond donors (Lipinski definition) is 0. The van der Waals surface area contributed by atoms with Gasteiger partial charge in [-0.3, -0.25) is 9.59 Å². The Bertz CT molecular complexity index is 920. The molecule has 0 aliphatic heterocycles. The van der Waals surface area contributed by atoms with E-state index in [1.807, 2.05) is 21.1 Å². The number of carboxylic acids is 1. The van der Waals surface area contributed by atoms with E-state index in [1.165, 1.54) is 180 Å². The molecular formula is C50H97NO7. The van der Waals surface area contributed by atoms with Gasteiger partial charge >= 0.3 is 11.9 Å². The van der Waals surface area contributed by atoms with Crippen LogP contribution in [0.25, 0.3) is 0 Å². The van der Waals surface area contributed by atoms with Crippen LogP contribution in [-0.4, -0.2) is 75.5 Å². The number of unbranched alkanes of at least 4 members (excludes halogenated alkanes) is 32. The lowest BCUT2D eigenvalue weighted by atomic mass is 10.0. The number of quaternary nitrogens is 1. The summed E-state index contributed by atoms with van der Waals surface area (Å²) in [6.45, 7) is 4.72. The monoisotopic (exact) mass is 824 g/mol. The van der Waals surface area contributed by atoms with E-state index in [4.69, 9.17) is 14.2 Å². The smallest absolute Gasteiger partial charge is 0.306 e. The normalized spacial score (nSPS) is 12.8. The third-order valence-electron chi connectivity index (χ3n) is 11.7. The molecule has 0 N–H and O–H groups in total. The molecule has 0 aromatic heterocycles. The topological polar surface area (TPSA) is 102 Å². The van der Waals surface area contributed by atoms with E-state index in [0.717, 1.165) is 38.5 Å². The molecule has 0 aliphatic rings. The second-order valence-corrected chi connectivity index (χ2v) is 18.4. The van der Waals surface area contributed by atoms with Crippen LogP contribution in [0, 0.1) is 0 Å². The first-order valence-corrected chi connectivity index (χ1v) is 25.1. The lowest BCUT2D eigenvalue weighted by molar-refractivity contribution is -0.889. The Morgan fingerprint density at radius 2 is 0.759 bits per heavy atom. The maximum atomic E-state index is 12.8. The van der Waals surface area contributed by atoms with Crippen molar-refractivity contribution in [1.82, 2.24) is 0 Å². The number of ether oxygens (including phenoxy) is 3. The number of carboxylic acid groups (broad SMARTS) is 1. The van der Waals surface area contributed by atoms with Gasteiger partial charge in [-0.25, -0.2) is 0 Å². The van der Waals surface area contributed by atoms with E-state index in [9.17, 15) is 19.5 Å². The lowest BCUT2D eigenvalue weighted by Crippen LogP contribution is -2.55. The van der Waals surface area contributed by atoms with Crippen LogP contribution in [0.2, 0.25) is 0 Å². The second kappa shape index (κ2) is 42.0. The Morgan fingerprint density at radius 3 is 1.07 bits per heavy atom. The highest BCUT2D eigenvalue weighted by Crippen LogP contribution is 2.17. The Hall–Kier alpha value is -1.67. The van der Waals surface area contributed by atoms with Gasteiger partial charge in [0.2, 0.25) is 0 Å². The SMILES string of the molecule is CCCCCCCCCCCCCCCCCCCC(=O)OCC(COCCC(C(=O)[O-])[N+](C)(C)C)OC(=O)CCCCCCCCCCCCCCCCCCC. The molecule has 2 atom stereocenters. The summed E-state index contributed by atoms with van der Waals surface area (Å²) in [5.41, 5.74) is 0. The summed E-state index contributed by atoms with van der Waals surface area (Å²) in [5, 5.41) is 11.6. The highest BCUT2D eigenvalue weighted by Gasteiger charge is 2.25. The average molecular weight is 824 g/mol. The molecular weight excluding hydrogens is 727 g/mol. The second-order valence-electron chi connectivity index (χ2n) is 18.4. The predicted octanol–water partition coefficient (Wildman–Crippen LogP) is 12.8. The van der Waals surface area contributed by atoms with Crippen LogP contribution in [0.1, 0.15) is 251 Å². The molecule has 0 saturated carbocycles. The van der Waals surface area contributed by atoms with Crippen molar-refractivity contribution in [2.45, 2.75) is 264 Å². The van der Waals surface area contributed by atoms with E-state index >= 15 is 0 Å². The molecule has 0 fully saturated rings. The number of rotatable bonds is 46. The fraction of sp³-hybridized carbons (Fsp3) is 0.940. The zero-order valence-electron chi connectivity index (χ0n) is 39.2. The van der Waals surface area contributed by atoms with Crippen molar-refractivity contribution in [1.29, 1.82) is 0 Å². The summed E-state index contributed by atoms with van der Waals surface area (Å²) >= 11 is 0. The Labute approximate surface area is 359 Å². The number of carbonyl (C=O) groups is 3. The van der Waals surface area contributed by atoms with Crippen molar-refractivity contribution in [3.05, 3.63) is 0 Å². The van der Waals surface area contributed by atoms with Gasteiger partial charge < -0.3 is 28.6 Å². The molecule has 0 saturated heterocycles. The van der Waals surface area contributed by atoms with Crippen LogP contribution in [0.4, 0.5) is 0 Å². The fourth-order valence-corrected chi connectivity index (χ4v) is 7.84. The van der Waals surface area contributed by atoms with Gasteiger partial charge in [-0.15, -0.1) is 0 Å². The zero-order valence-corrected chi connectivity index (χ0v) is 39.2. The largest absolute Gasteiger partial charge is 0.544 e. The molecule has 0 amide bonds. The molecule has 8 nitrogen and oxygen atoms in total. The van der Waals surface area contributed by atoms with Crippen molar-refractivity contribution in [3.63, 3.8) is 0 Å². The number of esters is 2. The standard InChI is InChI=1S/C50H97NO7/c1-6-8-10-12-14-16-18-20-22-24-26-28-30-32-34-36-38-40-48(52)57-45-46(44-56-43-42-47(50(54)55)51(3,4)5)58-49(53)41-39-37-35-33-31-29-27-25-23-21-19-17-15-13-11-9-7-2/h46-47H,6-45H2,1-5H3. The van der Waals surface area contributed by atoms with Crippen molar-refractivity contribution in [2.24, 2.45) is 0 Å². The number of aliphatic carboxylic acids is 1. The van der Waals surface area contributed by atoms with E-state index in [1.54, 1.807) is 0 Å². The lowest BCUT2D eigenvalue weighted by Gasteiger charge is -2.34. The first-order chi connectivity index (χ1) is 28.1. The van der Waals surface area contributed by atoms with Gasteiger partial charge in [0, 0.05) is 19.3 Å². The Balaban J connectivity index is 4.21. The van der Waals surface area contributed by atoms with Crippen LogP contribution in [0.3, 0.4) is 0 Å². The average Bonchev–Trinajstić information content (AvgIpc) is 3.18. The third kappa shape index (κ3) is 39.8. The number of nitrogens with zero attached hydrogens (tertiary/aromatic N) is 1. The molecule has 8 heteroatoms. The van der Waals surface area contributed by atoms with E-state index in [2.05, 4.69) is 13.8 Å². The molecule has 0 aliphatic carbocycles. The van der Waals surface area contributed by atoms with Gasteiger partial charge in [0.05, 0.1) is 40.3 Å². The molecule has 0 spiro atoms. The third-order valence-corrected chi connectivity index (χ3v) is 11.7. The summed E-state index contributed by atoms with van der Waals surface area (Å²) in [4.78, 5) is 37.0. The van der Waals surface area contributed by atoms with Crippen molar-refractivity contribution in [3.8, 4) is 0 Å². The van der Waals surface area contributed by atoms with Crippen molar-refractivity contribution in [2.75, 3.05) is 41.0 Å². The molecule has 0 rings (SSSR count). The Morgan fingerprint density at radius 1 is 0.448 bits per heavy atom. The molecule has 0 aromatic rings. The van der Waals surface area contributed by atoms with Gasteiger partial charge in [-0.2, -0.15) is 0 Å². The van der Waals surface area contributed by atoms with Crippen LogP contribution in [0.15, 0.2) is 0 Å². The maximum Gasteiger partial charge on any atom is 0.306 e. The van der Waals surface area contributed by atoms with Crippen LogP contribution in [0.5, 0.6) is 0 Å². The molecule has 58 heavy (non-hydrogen) atoms. The molecule has 0 heterocycles. The van der Waals surface area contributed by atoms with E-state index in [0.29, 0.717) is 12.8 Å². The minimum atomic E-state index is -1.12. The highest BCUT2D eigenvalue weighted by atomic mass is 16.6. The summed E-state index contributed by atoms with van der Waals surface area (Å²) in [5.74, 6) is -1.71. The summed E-state index contributed by atoms with van der Waals surface area (Å²) in [7, 11) is 5.43. The van der Waals surface area contributed by atoms with Crippen LogP contribution >= 0.6 is 0 Å². The van der Waals surface area contributed by atoms with Gasteiger partial charge in [0.1, 0.15) is 12.6 Å². The molecule has 0 radical (unpaired) electrons. The van der Waals surface area contributed by atoms with Gasteiger partial charge in [-0.1, -0.05) is 219 Å². The van der Waals surface area contributed by atoms with Gasteiger partial charge in [-0.05, 0) is 12.8 Å². The summed E-state index contributed by atoms with van der Waals surface area (Å²) in [6, 6.07) is -0.719. The minimum Gasteiger partial charge on any atom is -0.544 e. The summed E-state index contributed by atoms with van der Waals surface area (Å²) < 4.78 is 17.2. The maximum absolute atomic E-state index is 12.8. The number of hydrogen-bond acceptors (Lipinski definition) is 7. The number of carbonyl (C=O) groups excluding carboxylic acids is 3.